The quantitative estimate of drug-likeness (QED) is 0.905. The first-order chi connectivity index (χ1) is 8.56. The molecular formula is C12H13ClN2O2S. The number of halogens is 1. The highest BCUT2D eigenvalue weighted by atomic mass is 35.5. The first-order valence-corrected chi connectivity index (χ1v) is 6.48. The van der Waals surface area contributed by atoms with Gasteiger partial charge in [-0.05, 0) is 24.6 Å². The molecule has 4 nitrogen and oxygen atoms in total. The lowest BCUT2D eigenvalue weighted by Crippen LogP contribution is -1.86. The second-order valence-corrected chi connectivity index (χ2v) is 5.10. The Morgan fingerprint density at radius 1 is 1.44 bits per heavy atom. The summed E-state index contributed by atoms with van der Waals surface area (Å²) in [5, 5.41) is 13.8. The molecule has 0 aliphatic heterocycles. The molecule has 0 radical (unpaired) electrons. The highest BCUT2D eigenvalue weighted by molar-refractivity contribution is 7.19. The number of benzene rings is 1. The van der Waals surface area contributed by atoms with E-state index in [2.05, 4.69) is 10.3 Å². The number of phenolic OH excluding ortho intramolecular Hbond substituents is 1. The standard InChI is InChI=1S/C12H13ClN2O2S/c1-6-11(18-12(14-2)15-6)7-4-8(13)10(16)9(5-7)17-3/h4-5,16H,1-3H3,(H,14,15). The summed E-state index contributed by atoms with van der Waals surface area (Å²) in [4.78, 5) is 5.37. The van der Waals surface area contributed by atoms with Crippen LogP contribution in [0.4, 0.5) is 5.13 Å². The van der Waals surface area contributed by atoms with Gasteiger partial charge in [-0.1, -0.05) is 22.9 Å². The molecule has 96 valence electrons. The van der Waals surface area contributed by atoms with E-state index < -0.39 is 0 Å². The van der Waals surface area contributed by atoms with Gasteiger partial charge in [0.05, 0.1) is 22.7 Å². The van der Waals surface area contributed by atoms with Gasteiger partial charge in [-0.2, -0.15) is 0 Å². The minimum Gasteiger partial charge on any atom is -0.503 e. The molecule has 0 amide bonds. The van der Waals surface area contributed by atoms with E-state index >= 15 is 0 Å². The third kappa shape index (κ3) is 2.23. The summed E-state index contributed by atoms with van der Waals surface area (Å²) < 4.78 is 5.10. The van der Waals surface area contributed by atoms with E-state index in [9.17, 15) is 5.11 Å². The van der Waals surface area contributed by atoms with Gasteiger partial charge in [0.1, 0.15) is 0 Å². The van der Waals surface area contributed by atoms with E-state index in [0.717, 1.165) is 21.3 Å². The second-order valence-electron chi connectivity index (χ2n) is 3.69. The molecule has 2 aromatic rings. The van der Waals surface area contributed by atoms with Crippen LogP contribution in [-0.2, 0) is 0 Å². The summed E-state index contributed by atoms with van der Waals surface area (Å²) in [6, 6.07) is 3.46. The lowest BCUT2D eigenvalue weighted by molar-refractivity contribution is 0.374. The van der Waals surface area contributed by atoms with Crippen molar-refractivity contribution in [2.45, 2.75) is 6.92 Å². The van der Waals surface area contributed by atoms with Crippen LogP contribution in [0.1, 0.15) is 5.69 Å². The van der Waals surface area contributed by atoms with Gasteiger partial charge in [0, 0.05) is 7.05 Å². The van der Waals surface area contributed by atoms with E-state index in [0.29, 0.717) is 5.75 Å². The summed E-state index contributed by atoms with van der Waals surface area (Å²) in [5.74, 6) is 0.315. The Bertz CT molecular complexity index is 584. The molecule has 1 aromatic carbocycles. The van der Waals surface area contributed by atoms with Crippen LogP contribution in [0.15, 0.2) is 12.1 Å². The minimum absolute atomic E-state index is 0.0427. The molecule has 1 heterocycles. The lowest BCUT2D eigenvalue weighted by Gasteiger charge is -2.07. The number of phenols is 1. The van der Waals surface area contributed by atoms with Gasteiger partial charge in [-0.15, -0.1) is 0 Å². The summed E-state index contributed by atoms with van der Waals surface area (Å²) in [6.07, 6.45) is 0. The summed E-state index contributed by atoms with van der Waals surface area (Å²) >= 11 is 7.51. The van der Waals surface area contributed by atoms with E-state index in [4.69, 9.17) is 16.3 Å². The molecule has 6 heteroatoms. The third-order valence-corrected chi connectivity index (χ3v) is 4.03. The smallest absolute Gasteiger partial charge is 0.183 e. The van der Waals surface area contributed by atoms with Crippen molar-refractivity contribution < 1.29 is 9.84 Å². The summed E-state index contributed by atoms with van der Waals surface area (Å²) in [5.41, 5.74) is 1.79. The molecule has 0 saturated carbocycles. The van der Waals surface area contributed by atoms with Crippen molar-refractivity contribution in [2.24, 2.45) is 0 Å². The Balaban J connectivity index is 2.56. The summed E-state index contributed by atoms with van der Waals surface area (Å²) in [7, 11) is 3.32. The Kier molecular flexibility index (Phi) is 3.63. The van der Waals surface area contributed by atoms with Gasteiger partial charge in [-0.3, -0.25) is 0 Å². The fourth-order valence-electron chi connectivity index (χ4n) is 1.63. The van der Waals surface area contributed by atoms with Crippen molar-refractivity contribution in [2.75, 3.05) is 19.5 Å². The van der Waals surface area contributed by atoms with Crippen molar-refractivity contribution >= 4 is 28.1 Å². The number of nitrogens with one attached hydrogen (secondary N) is 1. The predicted molar refractivity (Wildman–Crippen MR) is 75.1 cm³/mol. The molecule has 0 fully saturated rings. The molecule has 1 aromatic heterocycles. The van der Waals surface area contributed by atoms with Crippen LogP contribution in [0.5, 0.6) is 11.5 Å². The molecule has 0 aliphatic carbocycles. The van der Waals surface area contributed by atoms with Crippen LogP contribution in [0.25, 0.3) is 10.4 Å². The van der Waals surface area contributed by atoms with Crippen LogP contribution in [0.3, 0.4) is 0 Å². The number of hydrogen-bond acceptors (Lipinski definition) is 5. The highest BCUT2D eigenvalue weighted by Crippen LogP contribution is 2.41. The van der Waals surface area contributed by atoms with Gasteiger partial charge in [0.2, 0.25) is 0 Å². The lowest BCUT2D eigenvalue weighted by atomic mass is 10.1. The second kappa shape index (κ2) is 5.04. The molecule has 0 spiro atoms. The SMILES string of the molecule is CNc1nc(C)c(-c2cc(Cl)c(O)c(OC)c2)s1. The van der Waals surface area contributed by atoms with Gasteiger partial charge in [-0.25, -0.2) is 4.98 Å². The summed E-state index contributed by atoms with van der Waals surface area (Å²) in [6.45, 7) is 1.93. The molecule has 0 bridgehead atoms. The fourth-order valence-corrected chi connectivity index (χ4v) is 2.75. The van der Waals surface area contributed by atoms with E-state index in [1.807, 2.05) is 14.0 Å². The maximum atomic E-state index is 9.71. The number of ether oxygens (including phenoxy) is 1. The van der Waals surface area contributed by atoms with Gasteiger partial charge >= 0.3 is 0 Å². The normalized spacial score (nSPS) is 10.4. The van der Waals surface area contributed by atoms with Crippen LogP contribution in [-0.4, -0.2) is 24.2 Å². The van der Waals surface area contributed by atoms with Crippen LogP contribution in [0, 0.1) is 6.92 Å². The molecule has 0 aliphatic rings. The number of nitrogens with zero attached hydrogens (tertiary/aromatic N) is 1. The monoisotopic (exact) mass is 284 g/mol. The van der Waals surface area contributed by atoms with Crippen LogP contribution < -0.4 is 10.1 Å². The fraction of sp³-hybridized carbons (Fsp3) is 0.250. The molecule has 0 unspecified atom stereocenters. The van der Waals surface area contributed by atoms with Crippen LogP contribution in [0.2, 0.25) is 5.02 Å². The Hall–Kier alpha value is -1.46. The third-order valence-electron chi connectivity index (χ3n) is 2.52. The average Bonchev–Trinajstić information content (AvgIpc) is 2.74. The highest BCUT2D eigenvalue weighted by Gasteiger charge is 2.14. The molecule has 0 atom stereocenters. The Morgan fingerprint density at radius 2 is 2.17 bits per heavy atom. The van der Waals surface area contributed by atoms with Crippen molar-refractivity contribution in [3.8, 4) is 21.9 Å². The minimum atomic E-state index is -0.0427. The van der Waals surface area contributed by atoms with E-state index in [1.165, 1.54) is 18.4 Å². The number of aryl methyl sites for hydroxylation is 1. The van der Waals surface area contributed by atoms with Crippen LogP contribution >= 0.6 is 22.9 Å². The first-order valence-electron chi connectivity index (χ1n) is 5.29. The maximum Gasteiger partial charge on any atom is 0.183 e. The maximum absolute atomic E-state index is 9.71. The molecular weight excluding hydrogens is 272 g/mol. The topological polar surface area (TPSA) is 54.4 Å². The van der Waals surface area contributed by atoms with Gasteiger partial charge < -0.3 is 15.2 Å². The number of rotatable bonds is 3. The Morgan fingerprint density at radius 3 is 2.72 bits per heavy atom. The zero-order chi connectivity index (χ0) is 13.3. The zero-order valence-electron chi connectivity index (χ0n) is 10.2. The van der Waals surface area contributed by atoms with Crippen molar-refractivity contribution in [3.05, 3.63) is 22.8 Å². The van der Waals surface area contributed by atoms with E-state index in [-0.39, 0.29) is 10.8 Å². The van der Waals surface area contributed by atoms with Crippen molar-refractivity contribution in [1.29, 1.82) is 0 Å². The predicted octanol–water partition coefficient (Wildman–Crippen LogP) is 3.53. The zero-order valence-corrected chi connectivity index (χ0v) is 11.8. The van der Waals surface area contributed by atoms with Gasteiger partial charge in [0.25, 0.3) is 0 Å². The van der Waals surface area contributed by atoms with Gasteiger partial charge in [0.15, 0.2) is 16.6 Å². The number of thiazole rings is 1. The number of aromatic hydroxyl groups is 1. The number of hydrogen-bond donors (Lipinski definition) is 2. The molecule has 0 saturated heterocycles. The number of anilines is 1. The first kappa shape index (κ1) is 13.0. The van der Waals surface area contributed by atoms with Crippen molar-refractivity contribution in [3.63, 3.8) is 0 Å². The molecule has 2 rings (SSSR count). The largest absolute Gasteiger partial charge is 0.503 e. The average molecular weight is 285 g/mol. The Labute approximate surface area is 114 Å². The van der Waals surface area contributed by atoms with Crippen molar-refractivity contribution in [1.82, 2.24) is 4.98 Å². The molecule has 18 heavy (non-hydrogen) atoms. The van der Waals surface area contributed by atoms with E-state index in [1.54, 1.807) is 12.1 Å². The molecule has 2 N–H and O–H groups in total. The number of aromatic nitrogens is 1. The number of methoxy groups -OCH3 is 1.